The van der Waals surface area contributed by atoms with Crippen LogP contribution in [0, 0.1) is 11.3 Å². The van der Waals surface area contributed by atoms with E-state index in [1.165, 1.54) is 12.1 Å². The van der Waals surface area contributed by atoms with Gasteiger partial charge in [0, 0.05) is 6.20 Å². The molecule has 1 N–H and O–H groups in total. The molecule has 106 valence electrons. The van der Waals surface area contributed by atoms with E-state index in [1.54, 1.807) is 28.9 Å². The molecule has 2 aromatic heterocycles. The summed E-state index contributed by atoms with van der Waals surface area (Å²) in [5.41, 5.74) is 1.47. The maximum absolute atomic E-state index is 10.4. The Kier molecular flexibility index (Phi) is 4.33. The first-order valence-corrected chi connectivity index (χ1v) is 7.31. The molecule has 0 atom stereocenters. The number of benzene rings is 1. The number of hydrogen-bond acceptors (Lipinski definition) is 4. The van der Waals surface area contributed by atoms with Crippen LogP contribution >= 0.6 is 0 Å². The molecule has 0 saturated carbocycles. The molecule has 7 heteroatoms. The molecule has 0 aliphatic rings. The molecular weight excluding hydrogens is 290 g/mol. The van der Waals surface area contributed by atoms with E-state index in [9.17, 15) is 8.42 Å². The van der Waals surface area contributed by atoms with Gasteiger partial charge >= 0.3 is 0 Å². The third-order valence-electron chi connectivity index (χ3n) is 2.59. The quantitative estimate of drug-likeness (QED) is 0.695. The Hall–Kier alpha value is -2.69. The Morgan fingerprint density at radius 1 is 1.10 bits per heavy atom. The van der Waals surface area contributed by atoms with Crippen molar-refractivity contribution in [1.82, 2.24) is 9.61 Å². The molecule has 0 radical (unpaired) electrons. The zero-order chi connectivity index (χ0) is 15.3. The molecule has 0 aliphatic heterocycles. The third kappa shape index (κ3) is 3.66. The fraction of sp³-hybridized carbons (Fsp3) is 0. The van der Waals surface area contributed by atoms with Crippen LogP contribution in [-0.2, 0) is 10.1 Å². The number of rotatable bonds is 1. The Balaban J connectivity index is 0.000000155. The van der Waals surface area contributed by atoms with Gasteiger partial charge in [0.15, 0.2) is 0 Å². The first-order chi connectivity index (χ1) is 10.0. The summed E-state index contributed by atoms with van der Waals surface area (Å²) in [4.78, 5) is -0.0741. The highest BCUT2D eigenvalue weighted by atomic mass is 32.2. The summed E-state index contributed by atoms with van der Waals surface area (Å²) >= 11 is 0. The van der Waals surface area contributed by atoms with Gasteiger partial charge in [-0.15, -0.1) is 0 Å². The first kappa shape index (κ1) is 14.7. The lowest BCUT2D eigenvalue weighted by atomic mass is 10.3. The number of hydrogen-bond donors (Lipinski definition) is 1. The van der Waals surface area contributed by atoms with E-state index < -0.39 is 10.1 Å². The van der Waals surface area contributed by atoms with Crippen LogP contribution in [0.1, 0.15) is 5.56 Å². The molecule has 2 heterocycles. The predicted octanol–water partition coefficient (Wildman–Crippen LogP) is 2.14. The highest BCUT2D eigenvalue weighted by molar-refractivity contribution is 7.85. The van der Waals surface area contributed by atoms with Crippen molar-refractivity contribution in [3.8, 4) is 6.07 Å². The summed E-state index contributed by atoms with van der Waals surface area (Å²) in [6.45, 7) is 0. The smallest absolute Gasteiger partial charge is 0.282 e. The predicted molar refractivity (Wildman–Crippen MR) is 76.2 cm³/mol. The molecule has 0 bridgehead atoms. The second kappa shape index (κ2) is 6.17. The van der Waals surface area contributed by atoms with Crippen molar-refractivity contribution in [2.45, 2.75) is 4.90 Å². The maximum Gasteiger partial charge on any atom is 0.294 e. The van der Waals surface area contributed by atoms with Crippen LogP contribution in [-0.4, -0.2) is 22.6 Å². The maximum atomic E-state index is 10.4. The lowest BCUT2D eigenvalue weighted by molar-refractivity contribution is 0.483. The fourth-order valence-electron chi connectivity index (χ4n) is 1.61. The van der Waals surface area contributed by atoms with Crippen molar-refractivity contribution >= 4 is 15.6 Å². The average Bonchev–Trinajstić information content (AvgIpc) is 2.91. The highest BCUT2D eigenvalue weighted by Gasteiger charge is 2.05. The minimum atomic E-state index is -4.00. The van der Waals surface area contributed by atoms with Crippen LogP contribution in [0.15, 0.2) is 65.8 Å². The van der Waals surface area contributed by atoms with Gasteiger partial charge in [0.05, 0.1) is 22.2 Å². The fourth-order valence-corrected chi connectivity index (χ4v) is 2.11. The van der Waals surface area contributed by atoms with E-state index in [0.29, 0.717) is 5.56 Å². The van der Waals surface area contributed by atoms with Crippen LogP contribution in [0.4, 0.5) is 0 Å². The van der Waals surface area contributed by atoms with Crippen LogP contribution in [0.25, 0.3) is 5.52 Å². The minimum absolute atomic E-state index is 0.0741. The van der Waals surface area contributed by atoms with E-state index in [1.807, 2.05) is 24.4 Å². The zero-order valence-electron chi connectivity index (χ0n) is 10.8. The average molecular weight is 301 g/mol. The van der Waals surface area contributed by atoms with Crippen molar-refractivity contribution in [2.75, 3.05) is 0 Å². The van der Waals surface area contributed by atoms with Gasteiger partial charge in [-0.3, -0.25) is 4.55 Å². The van der Waals surface area contributed by atoms with Crippen LogP contribution in [0.2, 0.25) is 0 Å². The SMILES string of the molecule is N#Cc1cnn2ccccc12.O=S(=O)(O)c1ccccc1. The number of pyridine rings is 1. The van der Waals surface area contributed by atoms with Gasteiger partial charge in [0.1, 0.15) is 6.07 Å². The summed E-state index contributed by atoms with van der Waals surface area (Å²) in [7, 11) is -4.00. The van der Waals surface area contributed by atoms with Crippen LogP contribution < -0.4 is 0 Å². The largest absolute Gasteiger partial charge is 0.294 e. The van der Waals surface area contributed by atoms with Gasteiger partial charge in [-0.2, -0.15) is 18.8 Å². The second-order valence-corrected chi connectivity index (χ2v) is 5.41. The summed E-state index contributed by atoms with van der Waals surface area (Å²) in [6, 6.07) is 15.1. The molecule has 0 unspecified atom stereocenters. The Morgan fingerprint density at radius 2 is 1.76 bits per heavy atom. The third-order valence-corrected chi connectivity index (χ3v) is 3.46. The van der Waals surface area contributed by atoms with Gasteiger partial charge in [-0.1, -0.05) is 24.3 Å². The molecule has 0 saturated heterocycles. The second-order valence-electron chi connectivity index (χ2n) is 3.99. The molecule has 21 heavy (non-hydrogen) atoms. The Bertz CT molecular complexity index is 880. The van der Waals surface area contributed by atoms with Gasteiger partial charge in [0.2, 0.25) is 0 Å². The van der Waals surface area contributed by atoms with Crippen LogP contribution in [0.5, 0.6) is 0 Å². The van der Waals surface area contributed by atoms with Gasteiger partial charge < -0.3 is 0 Å². The van der Waals surface area contributed by atoms with Crippen molar-refractivity contribution in [1.29, 1.82) is 5.26 Å². The van der Waals surface area contributed by atoms with E-state index >= 15 is 0 Å². The summed E-state index contributed by atoms with van der Waals surface area (Å²) in [6.07, 6.45) is 3.38. The lowest BCUT2D eigenvalue weighted by Gasteiger charge is -1.92. The lowest BCUT2D eigenvalue weighted by Crippen LogP contribution is -1.96. The molecule has 0 spiro atoms. The van der Waals surface area contributed by atoms with E-state index in [4.69, 9.17) is 9.81 Å². The summed E-state index contributed by atoms with van der Waals surface area (Å²) in [5.74, 6) is 0. The first-order valence-electron chi connectivity index (χ1n) is 5.87. The van der Waals surface area contributed by atoms with Crippen molar-refractivity contribution in [2.24, 2.45) is 0 Å². The van der Waals surface area contributed by atoms with Crippen molar-refractivity contribution in [3.63, 3.8) is 0 Å². The van der Waals surface area contributed by atoms with E-state index in [-0.39, 0.29) is 4.90 Å². The minimum Gasteiger partial charge on any atom is -0.282 e. The van der Waals surface area contributed by atoms with E-state index in [0.717, 1.165) is 5.52 Å². The normalized spacial score (nSPS) is 10.5. The van der Waals surface area contributed by atoms with Crippen LogP contribution in [0.3, 0.4) is 0 Å². The van der Waals surface area contributed by atoms with Gasteiger partial charge in [0.25, 0.3) is 10.1 Å². The summed E-state index contributed by atoms with van der Waals surface area (Å²) < 4.78 is 30.9. The molecule has 0 aliphatic carbocycles. The van der Waals surface area contributed by atoms with Gasteiger partial charge in [-0.05, 0) is 24.3 Å². The summed E-state index contributed by atoms with van der Waals surface area (Å²) in [5, 5.41) is 12.6. The highest BCUT2D eigenvalue weighted by Crippen LogP contribution is 2.07. The molecule has 0 amide bonds. The topological polar surface area (TPSA) is 95.5 Å². The number of nitrogens with zero attached hydrogens (tertiary/aromatic N) is 3. The number of nitriles is 1. The number of fused-ring (bicyclic) bond motifs is 1. The zero-order valence-corrected chi connectivity index (χ0v) is 11.6. The Morgan fingerprint density at radius 3 is 2.33 bits per heavy atom. The Labute approximate surface area is 121 Å². The van der Waals surface area contributed by atoms with E-state index in [2.05, 4.69) is 11.2 Å². The molecule has 0 fully saturated rings. The number of aromatic nitrogens is 2. The standard InChI is InChI=1S/C8H5N3.C6H6O3S/c9-5-7-6-10-11-4-2-1-3-8(7)11;7-10(8,9)6-4-2-1-3-5-6/h1-4,6H;1-5H,(H,7,8,9). The molecular formula is C14H11N3O3S. The molecule has 3 aromatic rings. The molecule has 1 aromatic carbocycles. The van der Waals surface area contributed by atoms with Crippen molar-refractivity contribution in [3.05, 3.63) is 66.5 Å². The molecule has 3 rings (SSSR count). The molecule has 6 nitrogen and oxygen atoms in total. The van der Waals surface area contributed by atoms with Gasteiger partial charge in [-0.25, -0.2) is 4.52 Å². The van der Waals surface area contributed by atoms with Crippen molar-refractivity contribution < 1.29 is 13.0 Å². The monoisotopic (exact) mass is 301 g/mol.